The molecular weight excluding hydrogens is 298 g/mol. The lowest BCUT2D eigenvalue weighted by Crippen LogP contribution is -2.44. The summed E-state index contributed by atoms with van der Waals surface area (Å²) in [6.07, 6.45) is 5.34. The van der Waals surface area contributed by atoms with Gasteiger partial charge in [0.1, 0.15) is 0 Å². The van der Waals surface area contributed by atoms with Gasteiger partial charge in [0.05, 0.1) is 18.1 Å². The second-order valence-corrected chi connectivity index (χ2v) is 7.45. The summed E-state index contributed by atoms with van der Waals surface area (Å²) in [6.45, 7) is 5.95. The number of aromatic nitrogens is 2. The van der Waals surface area contributed by atoms with Crippen molar-refractivity contribution in [1.82, 2.24) is 15.3 Å². The van der Waals surface area contributed by atoms with Crippen molar-refractivity contribution in [2.75, 3.05) is 42.1 Å². The molecule has 0 spiro atoms. The fraction of sp³-hybridized carbons (Fsp3) is 0.667. The Morgan fingerprint density at radius 1 is 1.36 bits per heavy atom. The van der Waals surface area contributed by atoms with Crippen molar-refractivity contribution in [1.29, 1.82) is 0 Å². The third kappa shape index (κ3) is 3.89. The predicted molar refractivity (Wildman–Crippen MR) is 90.4 cm³/mol. The molecule has 2 fully saturated rings. The average Bonchev–Trinajstić information content (AvgIpc) is 2.56. The fourth-order valence-corrected chi connectivity index (χ4v) is 4.09. The zero-order chi connectivity index (χ0) is 15.4. The summed E-state index contributed by atoms with van der Waals surface area (Å²) in [5.41, 5.74) is 0.690. The minimum atomic E-state index is 0.102. The largest absolute Gasteiger partial charge is 0.338 e. The topological polar surface area (TPSA) is 70.2 Å². The van der Waals surface area contributed by atoms with E-state index in [9.17, 15) is 4.79 Å². The van der Waals surface area contributed by atoms with Gasteiger partial charge in [0.2, 0.25) is 11.9 Å². The molecule has 120 valence electrons. The molecule has 0 aliphatic carbocycles. The van der Waals surface area contributed by atoms with Crippen molar-refractivity contribution in [2.45, 2.75) is 25.0 Å². The van der Waals surface area contributed by atoms with Gasteiger partial charge in [-0.25, -0.2) is 9.97 Å². The maximum atomic E-state index is 12.3. The number of nitrogens with zero attached hydrogens (tertiary/aromatic N) is 3. The summed E-state index contributed by atoms with van der Waals surface area (Å²) < 4.78 is 0. The van der Waals surface area contributed by atoms with Crippen LogP contribution in [0.4, 0.5) is 11.6 Å². The van der Waals surface area contributed by atoms with E-state index in [4.69, 9.17) is 0 Å². The zero-order valence-corrected chi connectivity index (χ0v) is 13.7. The molecule has 2 aliphatic heterocycles. The van der Waals surface area contributed by atoms with Crippen LogP contribution in [0.5, 0.6) is 0 Å². The third-order valence-electron chi connectivity index (χ3n) is 4.16. The first-order valence-corrected chi connectivity index (χ1v) is 8.97. The lowest BCUT2D eigenvalue weighted by molar-refractivity contribution is -0.120. The first-order valence-electron chi connectivity index (χ1n) is 7.92. The van der Waals surface area contributed by atoms with Gasteiger partial charge in [-0.2, -0.15) is 11.8 Å². The number of piperazine rings is 1. The number of nitrogens with one attached hydrogen (secondary N) is 2. The number of hydrogen-bond donors (Lipinski definition) is 2. The number of thioether (sulfide) groups is 1. The van der Waals surface area contributed by atoms with Crippen molar-refractivity contribution in [3.8, 4) is 0 Å². The first kappa shape index (κ1) is 15.6. The lowest BCUT2D eigenvalue weighted by Gasteiger charge is -2.27. The molecule has 1 aromatic heterocycles. The van der Waals surface area contributed by atoms with Gasteiger partial charge in [0.25, 0.3) is 0 Å². The van der Waals surface area contributed by atoms with E-state index < -0.39 is 0 Å². The van der Waals surface area contributed by atoms with E-state index in [1.54, 1.807) is 12.4 Å². The van der Waals surface area contributed by atoms with E-state index in [2.05, 4.69) is 32.4 Å². The minimum absolute atomic E-state index is 0.102. The molecule has 1 aromatic rings. The maximum absolute atomic E-state index is 12.3. The van der Waals surface area contributed by atoms with Crippen LogP contribution in [0.2, 0.25) is 0 Å². The van der Waals surface area contributed by atoms with Crippen LogP contribution in [0.1, 0.15) is 19.8 Å². The molecule has 1 amide bonds. The summed E-state index contributed by atoms with van der Waals surface area (Å²) in [4.78, 5) is 23.2. The van der Waals surface area contributed by atoms with Crippen molar-refractivity contribution in [3.63, 3.8) is 0 Å². The summed E-state index contributed by atoms with van der Waals surface area (Å²) in [6, 6.07) is 0. The van der Waals surface area contributed by atoms with Gasteiger partial charge in [0, 0.05) is 37.3 Å². The number of rotatable bonds is 3. The van der Waals surface area contributed by atoms with E-state index in [-0.39, 0.29) is 11.8 Å². The van der Waals surface area contributed by atoms with E-state index in [1.807, 2.05) is 11.8 Å². The molecule has 3 rings (SSSR count). The Kier molecular flexibility index (Phi) is 5.15. The highest BCUT2D eigenvalue weighted by atomic mass is 32.2. The molecule has 22 heavy (non-hydrogen) atoms. The summed E-state index contributed by atoms with van der Waals surface area (Å²) in [5.74, 6) is 2.02. The second kappa shape index (κ2) is 7.28. The Morgan fingerprint density at radius 3 is 2.77 bits per heavy atom. The molecule has 3 heterocycles. The number of carbonyl (C=O) groups excluding carboxylic acids is 1. The van der Waals surface area contributed by atoms with Crippen LogP contribution < -0.4 is 15.5 Å². The van der Waals surface area contributed by atoms with Gasteiger partial charge in [-0.3, -0.25) is 4.79 Å². The highest BCUT2D eigenvalue weighted by molar-refractivity contribution is 7.99. The molecule has 0 radical (unpaired) electrons. The average molecular weight is 321 g/mol. The van der Waals surface area contributed by atoms with E-state index in [0.29, 0.717) is 10.9 Å². The van der Waals surface area contributed by atoms with Crippen LogP contribution in [-0.2, 0) is 4.79 Å². The molecule has 0 bridgehead atoms. The molecule has 0 aromatic carbocycles. The molecule has 2 atom stereocenters. The highest BCUT2D eigenvalue weighted by Crippen LogP contribution is 2.30. The molecule has 0 saturated carbocycles. The maximum Gasteiger partial charge on any atom is 0.227 e. The molecule has 2 saturated heterocycles. The van der Waals surface area contributed by atoms with Gasteiger partial charge < -0.3 is 15.5 Å². The molecular formula is C15H23N5OS. The van der Waals surface area contributed by atoms with Crippen LogP contribution in [0.3, 0.4) is 0 Å². The van der Waals surface area contributed by atoms with Gasteiger partial charge in [-0.15, -0.1) is 0 Å². The molecule has 7 heteroatoms. The molecule has 2 unspecified atom stereocenters. The predicted octanol–water partition coefficient (Wildman–Crippen LogP) is 1.36. The van der Waals surface area contributed by atoms with Crippen LogP contribution in [-0.4, -0.2) is 53.1 Å². The molecule has 6 nitrogen and oxygen atoms in total. The Morgan fingerprint density at radius 2 is 2.09 bits per heavy atom. The second-order valence-electron chi connectivity index (χ2n) is 5.90. The molecule has 2 aliphatic rings. The summed E-state index contributed by atoms with van der Waals surface area (Å²) in [7, 11) is 0. The van der Waals surface area contributed by atoms with Crippen LogP contribution in [0, 0.1) is 5.92 Å². The van der Waals surface area contributed by atoms with Gasteiger partial charge in [-0.1, -0.05) is 6.92 Å². The van der Waals surface area contributed by atoms with Crippen molar-refractivity contribution >= 4 is 29.3 Å². The minimum Gasteiger partial charge on any atom is -0.338 e. The van der Waals surface area contributed by atoms with Crippen molar-refractivity contribution < 1.29 is 4.79 Å². The monoisotopic (exact) mass is 321 g/mol. The van der Waals surface area contributed by atoms with Crippen LogP contribution >= 0.6 is 11.8 Å². The van der Waals surface area contributed by atoms with E-state index in [0.717, 1.165) is 50.7 Å². The van der Waals surface area contributed by atoms with Gasteiger partial charge in [0.15, 0.2) is 0 Å². The zero-order valence-electron chi connectivity index (χ0n) is 12.9. The standard InChI is InChI=1S/C15H23N5OS/c1-11-8-12(2-7-22-11)14(21)19-13-9-17-15(18-10-13)20-5-3-16-4-6-20/h9-12,16H,2-8H2,1H3,(H,19,21). The normalized spacial score (nSPS) is 25.8. The fourth-order valence-electron chi connectivity index (χ4n) is 2.89. The van der Waals surface area contributed by atoms with Crippen LogP contribution in [0.15, 0.2) is 12.4 Å². The van der Waals surface area contributed by atoms with Crippen molar-refractivity contribution in [2.24, 2.45) is 5.92 Å². The summed E-state index contributed by atoms with van der Waals surface area (Å²) in [5, 5.41) is 6.83. The first-order chi connectivity index (χ1) is 10.7. The number of carbonyl (C=O) groups is 1. The number of anilines is 2. The lowest BCUT2D eigenvalue weighted by atomic mass is 9.99. The van der Waals surface area contributed by atoms with Crippen LogP contribution in [0.25, 0.3) is 0 Å². The quantitative estimate of drug-likeness (QED) is 0.876. The Hall–Kier alpha value is -1.34. The highest BCUT2D eigenvalue weighted by Gasteiger charge is 2.25. The van der Waals surface area contributed by atoms with E-state index >= 15 is 0 Å². The smallest absolute Gasteiger partial charge is 0.227 e. The van der Waals surface area contributed by atoms with Gasteiger partial charge in [-0.05, 0) is 18.6 Å². The summed E-state index contributed by atoms with van der Waals surface area (Å²) >= 11 is 1.95. The molecule has 2 N–H and O–H groups in total. The van der Waals surface area contributed by atoms with E-state index in [1.165, 1.54) is 0 Å². The Bertz CT molecular complexity index is 503. The Balaban J connectivity index is 1.57. The third-order valence-corrected chi connectivity index (χ3v) is 5.39. The SMILES string of the molecule is CC1CC(C(=O)Nc2cnc(N3CCNCC3)nc2)CCS1. The van der Waals surface area contributed by atoms with Crippen molar-refractivity contribution in [3.05, 3.63) is 12.4 Å². The van der Waals surface area contributed by atoms with Gasteiger partial charge >= 0.3 is 0 Å². The number of hydrogen-bond acceptors (Lipinski definition) is 6. The number of amides is 1. The Labute approximate surface area is 135 Å².